The molecule has 6 nitrogen and oxygen atoms in total. The van der Waals surface area contributed by atoms with Crippen LogP contribution in [0.2, 0.25) is 0 Å². The zero-order valence-electron chi connectivity index (χ0n) is 18.9. The van der Waals surface area contributed by atoms with Crippen LogP contribution in [0.15, 0.2) is 72.9 Å². The number of aromatic nitrogens is 1. The first-order valence-electron chi connectivity index (χ1n) is 11.3. The molecule has 1 unspecified atom stereocenters. The molecule has 2 aromatic carbocycles. The number of carboxylic acids is 1. The third-order valence-electron chi connectivity index (χ3n) is 5.42. The van der Waals surface area contributed by atoms with Crippen molar-refractivity contribution in [2.24, 2.45) is 5.92 Å². The van der Waals surface area contributed by atoms with E-state index >= 15 is 0 Å². The lowest BCUT2D eigenvalue weighted by Gasteiger charge is -2.13. The van der Waals surface area contributed by atoms with Crippen molar-refractivity contribution < 1.29 is 19.4 Å². The topological polar surface area (TPSA) is 88.5 Å². The SMILES string of the molecule is CCCCC(Cc1ccc(OCCNC(=O)c2ccc(-c3ccccn3)cc2)cc1)C(=O)O. The Balaban J connectivity index is 1.42. The number of pyridine rings is 1. The van der Waals surface area contributed by atoms with E-state index < -0.39 is 5.97 Å². The van der Waals surface area contributed by atoms with Crippen LogP contribution in [0.25, 0.3) is 11.3 Å². The molecule has 0 aliphatic rings. The molecule has 2 N–H and O–H groups in total. The summed E-state index contributed by atoms with van der Waals surface area (Å²) in [5.41, 5.74) is 3.38. The number of aliphatic carboxylic acids is 1. The number of carboxylic acid groups (broad SMARTS) is 1. The predicted octanol–water partition coefficient (Wildman–Crippen LogP) is 4.99. The maximum absolute atomic E-state index is 12.4. The lowest BCUT2D eigenvalue weighted by molar-refractivity contribution is -0.142. The Bertz CT molecular complexity index is 1020. The number of carbonyl (C=O) groups is 2. The van der Waals surface area contributed by atoms with Crippen LogP contribution in [0.4, 0.5) is 0 Å². The molecule has 0 radical (unpaired) electrons. The van der Waals surface area contributed by atoms with Gasteiger partial charge in [-0.1, -0.05) is 50.1 Å². The van der Waals surface area contributed by atoms with E-state index in [2.05, 4.69) is 17.2 Å². The third-order valence-corrected chi connectivity index (χ3v) is 5.42. The molecule has 1 amide bonds. The molecule has 6 heteroatoms. The number of nitrogens with zero attached hydrogens (tertiary/aromatic N) is 1. The normalized spacial score (nSPS) is 11.5. The van der Waals surface area contributed by atoms with Crippen molar-refractivity contribution in [3.8, 4) is 17.0 Å². The molecular formula is C27H30N2O4. The van der Waals surface area contributed by atoms with Crippen LogP contribution in [-0.4, -0.2) is 35.1 Å². The lowest BCUT2D eigenvalue weighted by atomic mass is 9.94. The molecule has 1 aromatic heterocycles. The first kappa shape index (κ1) is 24.0. The van der Waals surface area contributed by atoms with Crippen molar-refractivity contribution >= 4 is 11.9 Å². The molecule has 0 spiro atoms. The minimum Gasteiger partial charge on any atom is -0.492 e. The van der Waals surface area contributed by atoms with Gasteiger partial charge in [0, 0.05) is 17.3 Å². The van der Waals surface area contributed by atoms with Gasteiger partial charge >= 0.3 is 5.97 Å². The van der Waals surface area contributed by atoms with Gasteiger partial charge in [0.25, 0.3) is 5.91 Å². The Kier molecular flexibility index (Phi) is 9.00. The fourth-order valence-electron chi connectivity index (χ4n) is 3.53. The van der Waals surface area contributed by atoms with Gasteiger partial charge in [0.15, 0.2) is 0 Å². The molecule has 3 rings (SSSR count). The first-order valence-corrected chi connectivity index (χ1v) is 11.3. The van der Waals surface area contributed by atoms with Gasteiger partial charge in [-0.3, -0.25) is 14.6 Å². The number of hydrogen-bond acceptors (Lipinski definition) is 4. The van der Waals surface area contributed by atoms with Crippen LogP contribution < -0.4 is 10.1 Å². The van der Waals surface area contributed by atoms with Crippen LogP contribution in [0, 0.1) is 5.92 Å². The Morgan fingerprint density at radius 2 is 1.79 bits per heavy atom. The van der Waals surface area contributed by atoms with Crippen LogP contribution in [0.3, 0.4) is 0 Å². The summed E-state index contributed by atoms with van der Waals surface area (Å²) in [5, 5.41) is 12.2. The van der Waals surface area contributed by atoms with Gasteiger partial charge in [0.2, 0.25) is 0 Å². The summed E-state index contributed by atoms with van der Waals surface area (Å²) in [6, 6.07) is 20.5. The van der Waals surface area contributed by atoms with Crippen molar-refractivity contribution in [2.45, 2.75) is 32.6 Å². The predicted molar refractivity (Wildman–Crippen MR) is 128 cm³/mol. The van der Waals surface area contributed by atoms with Crippen molar-refractivity contribution in [1.82, 2.24) is 10.3 Å². The Morgan fingerprint density at radius 1 is 1.03 bits per heavy atom. The Labute approximate surface area is 194 Å². The van der Waals surface area contributed by atoms with Crippen molar-refractivity contribution in [2.75, 3.05) is 13.2 Å². The average molecular weight is 447 g/mol. The molecule has 172 valence electrons. The van der Waals surface area contributed by atoms with Crippen LogP contribution in [0.5, 0.6) is 5.75 Å². The molecule has 0 aliphatic carbocycles. The number of rotatable bonds is 12. The van der Waals surface area contributed by atoms with Crippen LogP contribution >= 0.6 is 0 Å². The largest absolute Gasteiger partial charge is 0.492 e. The summed E-state index contributed by atoms with van der Waals surface area (Å²) in [6.07, 6.45) is 4.85. The summed E-state index contributed by atoms with van der Waals surface area (Å²) in [5.74, 6) is -0.572. The van der Waals surface area contributed by atoms with Crippen molar-refractivity contribution in [3.63, 3.8) is 0 Å². The molecule has 0 bridgehead atoms. The minimum absolute atomic E-state index is 0.159. The quantitative estimate of drug-likeness (QED) is 0.383. The van der Waals surface area contributed by atoms with Crippen LogP contribution in [-0.2, 0) is 11.2 Å². The van der Waals surface area contributed by atoms with Crippen molar-refractivity contribution in [1.29, 1.82) is 0 Å². The van der Waals surface area contributed by atoms with Crippen molar-refractivity contribution in [3.05, 3.63) is 84.1 Å². The second kappa shape index (κ2) is 12.4. The second-order valence-electron chi connectivity index (χ2n) is 7.92. The third kappa shape index (κ3) is 7.45. The molecule has 3 aromatic rings. The van der Waals surface area contributed by atoms with E-state index in [1.54, 1.807) is 18.3 Å². The fraction of sp³-hybridized carbons (Fsp3) is 0.296. The summed E-state index contributed by atoms with van der Waals surface area (Å²) in [6.45, 7) is 2.78. The minimum atomic E-state index is -0.745. The number of carbonyl (C=O) groups excluding carboxylic acids is 1. The summed E-state index contributed by atoms with van der Waals surface area (Å²) >= 11 is 0. The van der Waals surface area contributed by atoms with Gasteiger partial charge in [0.05, 0.1) is 18.2 Å². The number of amides is 1. The number of benzene rings is 2. The molecule has 0 aliphatic heterocycles. The van der Waals surface area contributed by atoms with Gasteiger partial charge in [0.1, 0.15) is 12.4 Å². The lowest BCUT2D eigenvalue weighted by Crippen LogP contribution is -2.28. The van der Waals surface area contributed by atoms with Gasteiger partial charge in [-0.15, -0.1) is 0 Å². The summed E-state index contributed by atoms with van der Waals surface area (Å²) in [4.78, 5) is 28.1. The average Bonchev–Trinajstić information content (AvgIpc) is 2.85. The number of nitrogens with one attached hydrogen (secondary N) is 1. The first-order chi connectivity index (χ1) is 16.1. The molecule has 33 heavy (non-hydrogen) atoms. The highest BCUT2D eigenvalue weighted by Gasteiger charge is 2.17. The zero-order valence-corrected chi connectivity index (χ0v) is 18.9. The Morgan fingerprint density at radius 3 is 2.42 bits per heavy atom. The van der Waals surface area contributed by atoms with E-state index in [0.717, 1.165) is 29.7 Å². The maximum Gasteiger partial charge on any atom is 0.306 e. The maximum atomic E-state index is 12.4. The van der Waals surface area contributed by atoms with E-state index in [9.17, 15) is 14.7 Å². The van der Waals surface area contributed by atoms with Gasteiger partial charge < -0.3 is 15.2 Å². The highest BCUT2D eigenvalue weighted by molar-refractivity contribution is 5.94. The van der Waals surface area contributed by atoms with E-state index in [4.69, 9.17) is 4.74 Å². The highest BCUT2D eigenvalue weighted by Crippen LogP contribution is 2.19. The summed E-state index contributed by atoms with van der Waals surface area (Å²) < 4.78 is 5.70. The molecular weight excluding hydrogens is 416 g/mol. The Hall–Kier alpha value is -3.67. The molecule has 1 heterocycles. The zero-order chi connectivity index (χ0) is 23.5. The van der Waals surface area contributed by atoms with E-state index in [-0.39, 0.29) is 11.8 Å². The smallest absolute Gasteiger partial charge is 0.306 e. The standard InChI is InChI=1S/C27H30N2O4/c1-2-3-6-23(27(31)32)19-20-8-14-24(15-9-20)33-18-17-29-26(30)22-12-10-21(11-13-22)25-7-4-5-16-28-25/h4-5,7-16,23H,2-3,6,17-19H2,1H3,(H,29,30)(H,31,32). The highest BCUT2D eigenvalue weighted by atomic mass is 16.5. The van der Waals surface area contributed by atoms with Crippen LogP contribution in [0.1, 0.15) is 42.1 Å². The van der Waals surface area contributed by atoms with Gasteiger partial charge in [-0.2, -0.15) is 0 Å². The number of hydrogen-bond donors (Lipinski definition) is 2. The second-order valence-corrected chi connectivity index (χ2v) is 7.92. The number of ether oxygens (including phenoxy) is 1. The van der Waals surface area contributed by atoms with E-state index in [1.807, 2.05) is 54.6 Å². The van der Waals surface area contributed by atoms with E-state index in [1.165, 1.54) is 0 Å². The summed E-state index contributed by atoms with van der Waals surface area (Å²) in [7, 11) is 0. The number of unbranched alkanes of at least 4 members (excludes halogenated alkanes) is 1. The van der Waals surface area contributed by atoms with Gasteiger partial charge in [-0.25, -0.2) is 0 Å². The van der Waals surface area contributed by atoms with E-state index in [0.29, 0.717) is 37.3 Å². The molecule has 1 atom stereocenters. The fourth-order valence-corrected chi connectivity index (χ4v) is 3.53. The van der Waals surface area contributed by atoms with Gasteiger partial charge in [-0.05, 0) is 54.8 Å². The molecule has 0 saturated carbocycles. The molecule has 0 fully saturated rings. The monoisotopic (exact) mass is 446 g/mol. The molecule has 0 saturated heterocycles.